The third-order valence-corrected chi connectivity index (χ3v) is 15.6. The lowest BCUT2D eigenvalue weighted by molar-refractivity contribution is -0.0397. The third-order valence-electron chi connectivity index (χ3n) is 14.5. The molecule has 1 spiro atoms. The summed E-state index contributed by atoms with van der Waals surface area (Å²) in [5.41, 5.74) is 17.2. The summed E-state index contributed by atoms with van der Waals surface area (Å²) in [7, 11) is 0. The van der Waals surface area contributed by atoms with Gasteiger partial charge in [0.25, 0.3) is 0 Å². The molecule has 5 aliphatic carbocycles. The first-order valence-electron chi connectivity index (χ1n) is 20.8. The molecular formula is C54H40N2S. The minimum absolute atomic E-state index is 0.0475. The van der Waals surface area contributed by atoms with Crippen molar-refractivity contribution in [1.29, 1.82) is 0 Å². The zero-order valence-electron chi connectivity index (χ0n) is 31.7. The highest BCUT2D eigenvalue weighted by Gasteiger charge is 2.62. The second-order valence-electron chi connectivity index (χ2n) is 17.3. The summed E-state index contributed by atoms with van der Waals surface area (Å²) < 4.78 is 2.70. The van der Waals surface area contributed by atoms with Crippen LogP contribution in [-0.2, 0) is 5.41 Å². The number of hydrogen-bond donors (Lipinski definition) is 0. The molecule has 0 saturated heterocycles. The number of thiophene rings is 1. The predicted molar refractivity (Wildman–Crippen MR) is 237 cm³/mol. The Labute approximate surface area is 336 Å². The first kappa shape index (κ1) is 32.2. The number of para-hydroxylation sites is 2. The molecule has 0 radical (unpaired) electrons. The van der Waals surface area contributed by atoms with Gasteiger partial charge in [0, 0.05) is 36.7 Å². The van der Waals surface area contributed by atoms with E-state index in [1.54, 1.807) is 5.56 Å². The van der Waals surface area contributed by atoms with Gasteiger partial charge in [-0.15, -0.1) is 11.3 Å². The van der Waals surface area contributed by atoms with E-state index in [1.165, 1.54) is 96.8 Å². The van der Waals surface area contributed by atoms with Gasteiger partial charge in [-0.1, -0.05) is 133 Å². The molecular weight excluding hydrogens is 709 g/mol. The fourth-order valence-electron chi connectivity index (χ4n) is 12.5. The van der Waals surface area contributed by atoms with Crippen LogP contribution < -0.4 is 0 Å². The number of nitrogens with zero attached hydrogens (tertiary/aromatic N) is 2. The average Bonchev–Trinajstić information content (AvgIpc) is 3.79. The van der Waals surface area contributed by atoms with Crippen LogP contribution >= 0.6 is 11.3 Å². The molecule has 14 rings (SSSR count). The molecule has 0 unspecified atom stereocenters. The lowest BCUT2D eigenvalue weighted by atomic mass is 9.42. The van der Waals surface area contributed by atoms with Crippen LogP contribution in [0.5, 0.6) is 0 Å². The van der Waals surface area contributed by atoms with E-state index in [1.807, 2.05) is 11.3 Å². The number of fused-ring (bicyclic) bond motifs is 7. The quantitative estimate of drug-likeness (QED) is 0.179. The van der Waals surface area contributed by atoms with E-state index in [2.05, 4.69) is 158 Å². The lowest BCUT2D eigenvalue weighted by Crippen LogP contribution is -2.55. The second-order valence-corrected chi connectivity index (χ2v) is 18.4. The van der Waals surface area contributed by atoms with Gasteiger partial charge < -0.3 is 0 Å². The van der Waals surface area contributed by atoms with E-state index >= 15 is 0 Å². The van der Waals surface area contributed by atoms with Crippen LogP contribution in [0.25, 0.3) is 87.1 Å². The largest absolute Gasteiger partial charge is 0.244 e. The Kier molecular flexibility index (Phi) is 6.81. The SMILES string of the molecule is c1ccc(-c2ccc(-c3nc4ccccc4nc3-c3ccc(-c4ccc5c(c4)sc4ccccc45)c4c3C3(c5ccccc5-4)C4CC5CC(C4)CC3C5)cc2)cc1. The summed E-state index contributed by atoms with van der Waals surface area (Å²) in [6.45, 7) is 0. The maximum atomic E-state index is 5.65. The van der Waals surface area contributed by atoms with Crippen molar-refractivity contribution in [3.8, 4) is 55.9 Å². The molecule has 272 valence electrons. The molecule has 7 aromatic carbocycles. The van der Waals surface area contributed by atoms with Gasteiger partial charge in [-0.25, -0.2) is 9.97 Å². The van der Waals surface area contributed by atoms with Crippen molar-refractivity contribution >= 4 is 42.5 Å². The van der Waals surface area contributed by atoms with E-state index in [9.17, 15) is 0 Å². The van der Waals surface area contributed by atoms with Gasteiger partial charge in [0.1, 0.15) is 0 Å². The molecule has 4 fully saturated rings. The minimum atomic E-state index is -0.0475. The van der Waals surface area contributed by atoms with E-state index < -0.39 is 0 Å². The van der Waals surface area contributed by atoms with E-state index in [4.69, 9.17) is 9.97 Å². The van der Waals surface area contributed by atoms with Crippen LogP contribution in [0, 0.1) is 23.7 Å². The Morgan fingerprint density at radius 3 is 1.82 bits per heavy atom. The molecule has 0 amide bonds. The maximum absolute atomic E-state index is 5.65. The van der Waals surface area contributed by atoms with Gasteiger partial charge in [-0.2, -0.15) is 0 Å². The second kappa shape index (κ2) is 12.1. The summed E-state index contributed by atoms with van der Waals surface area (Å²) >= 11 is 1.91. The predicted octanol–water partition coefficient (Wildman–Crippen LogP) is 14.4. The zero-order valence-corrected chi connectivity index (χ0v) is 32.5. The van der Waals surface area contributed by atoms with Crippen LogP contribution in [0.2, 0.25) is 0 Å². The van der Waals surface area contributed by atoms with E-state index in [0.717, 1.165) is 39.8 Å². The number of benzene rings is 7. The summed E-state index contributed by atoms with van der Waals surface area (Å²) in [6.07, 6.45) is 6.74. The van der Waals surface area contributed by atoms with Gasteiger partial charge in [0.05, 0.1) is 22.4 Å². The molecule has 2 nitrogen and oxygen atoms in total. The Morgan fingerprint density at radius 1 is 0.439 bits per heavy atom. The molecule has 2 heterocycles. The fourth-order valence-corrected chi connectivity index (χ4v) is 13.6. The van der Waals surface area contributed by atoms with Crippen LogP contribution in [-0.4, -0.2) is 9.97 Å². The van der Waals surface area contributed by atoms with Gasteiger partial charge in [0.15, 0.2) is 0 Å². The number of aromatic nitrogens is 2. The zero-order chi connectivity index (χ0) is 37.2. The highest BCUT2D eigenvalue weighted by molar-refractivity contribution is 7.25. The molecule has 3 heteroatoms. The van der Waals surface area contributed by atoms with Crippen molar-refractivity contribution in [2.45, 2.75) is 37.5 Å². The summed E-state index contributed by atoms with van der Waals surface area (Å²) in [4.78, 5) is 11.1. The highest BCUT2D eigenvalue weighted by atomic mass is 32.1. The molecule has 2 aromatic heterocycles. The molecule has 57 heavy (non-hydrogen) atoms. The Morgan fingerprint density at radius 2 is 1.04 bits per heavy atom. The Hall–Kier alpha value is -5.90. The van der Waals surface area contributed by atoms with Crippen LogP contribution in [0.15, 0.2) is 158 Å². The molecule has 9 aromatic rings. The summed E-state index contributed by atoms with van der Waals surface area (Å²) in [5, 5.41) is 2.70. The van der Waals surface area contributed by atoms with Gasteiger partial charge in [-0.3, -0.25) is 0 Å². The molecule has 0 N–H and O–H groups in total. The van der Waals surface area contributed by atoms with Crippen LogP contribution in [0.1, 0.15) is 43.2 Å². The third kappa shape index (κ3) is 4.58. The van der Waals surface area contributed by atoms with Gasteiger partial charge in [-0.05, 0) is 125 Å². The molecule has 5 aliphatic rings. The van der Waals surface area contributed by atoms with E-state index in [0.29, 0.717) is 11.8 Å². The average molecular weight is 749 g/mol. The molecule has 4 saturated carbocycles. The van der Waals surface area contributed by atoms with Crippen LogP contribution in [0.4, 0.5) is 0 Å². The number of rotatable bonds is 4. The molecule has 0 atom stereocenters. The van der Waals surface area contributed by atoms with Gasteiger partial charge in [0.2, 0.25) is 0 Å². The summed E-state index contributed by atoms with van der Waals surface area (Å²) in [5.74, 6) is 2.96. The standard InChI is InChI=1S/C54H40N2S/c1-2-10-34(11-3-1)35-18-20-36(21-19-35)52-53(56-47-16-8-7-15-46(47)55-52)44-25-24-40(37-22-23-42-41-12-5-9-17-48(41)57-49(42)31-37)50-43-13-4-6-14-45(43)54(51(44)50)38-27-32-26-33(29-38)30-39(54)28-32/h1-25,31-33,38-39H,26-30H2. The van der Waals surface area contributed by atoms with E-state index in [-0.39, 0.29) is 5.41 Å². The fraction of sp³-hybridized carbons (Fsp3) is 0.185. The van der Waals surface area contributed by atoms with Crippen molar-refractivity contribution in [2.24, 2.45) is 23.7 Å². The van der Waals surface area contributed by atoms with Crippen LogP contribution in [0.3, 0.4) is 0 Å². The smallest absolute Gasteiger partial charge is 0.0976 e. The van der Waals surface area contributed by atoms with Crippen molar-refractivity contribution in [1.82, 2.24) is 9.97 Å². The first-order chi connectivity index (χ1) is 28.2. The molecule has 4 bridgehead atoms. The number of hydrogen-bond acceptors (Lipinski definition) is 3. The lowest BCUT2D eigenvalue weighted by Gasteiger charge is -2.61. The first-order valence-corrected chi connectivity index (χ1v) is 21.6. The van der Waals surface area contributed by atoms with Crippen molar-refractivity contribution in [2.75, 3.05) is 0 Å². The Bertz CT molecular complexity index is 3060. The van der Waals surface area contributed by atoms with Crippen molar-refractivity contribution < 1.29 is 0 Å². The van der Waals surface area contributed by atoms with Crippen molar-refractivity contribution in [3.05, 3.63) is 169 Å². The molecule has 0 aliphatic heterocycles. The normalized spacial score (nSPS) is 22.8. The maximum Gasteiger partial charge on any atom is 0.0976 e. The topological polar surface area (TPSA) is 25.8 Å². The Balaban J connectivity index is 1.10. The summed E-state index contributed by atoms with van der Waals surface area (Å²) in [6, 6.07) is 58.6. The highest BCUT2D eigenvalue weighted by Crippen LogP contribution is 2.71. The van der Waals surface area contributed by atoms with Crippen molar-refractivity contribution in [3.63, 3.8) is 0 Å². The minimum Gasteiger partial charge on any atom is -0.244 e. The van der Waals surface area contributed by atoms with Gasteiger partial charge >= 0.3 is 0 Å². The monoisotopic (exact) mass is 748 g/mol.